The maximum Gasteiger partial charge on any atom is 0.339 e. The molecule has 5 heteroatoms. The van der Waals surface area contributed by atoms with E-state index < -0.39 is 5.60 Å². The van der Waals surface area contributed by atoms with Crippen LogP contribution in [0.5, 0.6) is 0 Å². The molecule has 3 rings (SSSR count). The largest absolute Gasteiger partial charge is 0.501 e. The van der Waals surface area contributed by atoms with Gasteiger partial charge in [0.15, 0.2) is 0 Å². The first-order valence-corrected chi connectivity index (χ1v) is 7.67. The first-order chi connectivity index (χ1) is 11.0. The van der Waals surface area contributed by atoms with Gasteiger partial charge < -0.3 is 14.0 Å². The van der Waals surface area contributed by atoms with E-state index in [1.54, 1.807) is 24.9 Å². The van der Waals surface area contributed by atoms with Crippen LogP contribution in [0.15, 0.2) is 43.1 Å². The summed E-state index contributed by atoms with van der Waals surface area (Å²) < 4.78 is 13.0. The normalized spacial score (nSPS) is 19.4. The highest BCUT2D eigenvalue weighted by molar-refractivity contribution is 5.93. The van der Waals surface area contributed by atoms with Crippen LogP contribution in [-0.2, 0) is 9.47 Å². The summed E-state index contributed by atoms with van der Waals surface area (Å²) in [4.78, 5) is 16.5. The molecule has 2 heterocycles. The predicted molar refractivity (Wildman–Crippen MR) is 87.0 cm³/mol. The number of benzene rings is 1. The zero-order chi connectivity index (χ0) is 16.4. The summed E-state index contributed by atoms with van der Waals surface area (Å²) >= 11 is 0. The molecule has 2 aromatic rings. The maximum atomic E-state index is 12.2. The quantitative estimate of drug-likeness (QED) is 0.641. The van der Waals surface area contributed by atoms with Crippen LogP contribution < -0.4 is 0 Å². The Labute approximate surface area is 135 Å². The molecule has 0 bridgehead atoms. The fourth-order valence-electron chi connectivity index (χ4n) is 3.00. The van der Waals surface area contributed by atoms with E-state index in [9.17, 15) is 4.79 Å². The number of hydrogen-bond donors (Lipinski definition) is 0. The van der Waals surface area contributed by atoms with E-state index in [1.807, 2.05) is 49.6 Å². The number of hydrogen-bond acceptors (Lipinski definition) is 4. The van der Waals surface area contributed by atoms with Gasteiger partial charge in [0.2, 0.25) is 0 Å². The van der Waals surface area contributed by atoms with Crippen LogP contribution in [0.4, 0.5) is 0 Å². The van der Waals surface area contributed by atoms with Gasteiger partial charge in [0.05, 0.1) is 36.7 Å². The van der Waals surface area contributed by atoms with Crippen LogP contribution in [0.2, 0.25) is 0 Å². The highest BCUT2D eigenvalue weighted by Gasteiger charge is 2.43. The van der Waals surface area contributed by atoms with E-state index >= 15 is 0 Å². The smallest absolute Gasteiger partial charge is 0.339 e. The molecule has 0 amide bonds. The molecule has 0 saturated heterocycles. The zero-order valence-electron chi connectivity index (χ0n) is 13.5. The number of esters is 1. The van der Waals surface area contributed by atoms with Gasteiger partial charge in [-0.3, -0.25) is 0 Å². The fraction of sp³-hybridized carbons (Fsp3) is 0.333. The number of fused-ring (bicyclic) bond motifs is 1. The van der Waals surface area contributed by atoms with E-state index in [2.05, 4.69) is 4.98 Å². The average molecular weight is 312 g/mol. The lowest BCUT2D eigenvalue weighted by Gasteiger charge is -2.40. The topological polar surface area (TPSA) is 53.4 Å². The standard InChI is InChI=1S/C18H20N2O3/c1-4-22-10-9-13-11-19-12-20(13)16-14-7-5-6-8-15(14)17(21)23-18(16,2)3/h5-12,16H,4H2,1-3H3. The summed E-state index contributed by atoms with van der Waals surface area (Å²) in [6.45, 7) is 6.38. The molecule has 0 aliphatic carbocycles. The molecule has 1 unspecified atom stereocenters. The second kappa shape index (κ2) is 5.91. The SMILES string of the molecule is CCOC=Cc1cncn1C1c2ccccc2C(=O)OC1(C)C. The Morgan fingerprint density at radius 1 is 1.39 bits per heavy atom. The van der Waals surface area contributed by atoms with Gasteiger partial charge in [0.1, 0.15) is 11.6 Å². The van der Waals surface area contributed by atoms with Crippen LogP contribution in [0.1, 0.15) is 48.4 Å². The van der Waals surface area contributed by atoms with Crippen molar-refractivity contribution in [2.75, 3.05) is 6.61 Å². The first kappa shape index (κ1) is 15.3. The molecule has 1 aliphatic rings. The number of carbonyl (C=O) groups is 1. The van der Waals surface area contributed by atoms with E-state index in [-0.39, 0.29) is 12.0 Å². The summed E-state index contributed by atoms with van der Waals surface area (Å²) in [6, 6.07) is 7.40. The molecule has 23 heavy (non-hydrogen) atoms. The molecule has 0 saturated carbocycles. The molecule has 120 valence electrons. The van der Waals surface area contributed by atoms with Crippen molar-refractivity contribution in [1.82, 2.24) is 9.55 Å². The number of imidazole rings is 1. The Balaban J connectivity index is 2.10. The van der Waals surface area contributed by atoms with Crippen molar-refractivity contribution in [3.63, 3.8) is 0 Å². The molecule has 0 radical (unpaired) electrons. The van der Waals surface area contributed by atoms with Crippen molar-refractivity contribution < 1.29 is 14.3 Å². The Hall–Kier alpha value is -2.56. The summed E-state index contributed by atoms with van der Waals surface area (Å²) in [7, 11) is 0. The lowest BCUT2D eigenvalue weighted by atomic mass is 9.85. The number of carbonyl (C=O) groups excluding carboxylic acids is 1. The molecular formula is C18H20N2O3. The van der Waals surface area contributed by atoms with Crippen molar-refractivity contribution >= 4 is 12.0 Å². The lowest BCUT2D eigenvalue weighted by Crippen LogP contribution is -2.43. The van der Waals surface area contributed by atoms with Crippen molar-refractivity contribution in [3.05, 3.63) is 59.9 Å². The van der Waals surface area contributed by atoms with E-state index in [1.165, 1.54) is 0 Å². The molecular weight excluding hydrogens is 292 g/mol. The van der Waals surface area contributed by atoms with Gasteiger partial charge in [-0.05, 0) is 38.5 Å². The van der Waals surface area contributed by atoms with E-state index in [0.29, 0.717) is 12.2 Å². The fourth-order valence-corrected chi connectivity index (χ4v) is 3.00. The molecule has 1 aromatic carbocycles. The Morgan fingerprint density at radius 3 is 2.96 bits per heavy atom. The first-order valence-electron chi connectivity index (χ1n) is 7.67. The van der Waals surface area contributed by atoms with Gasteiger partial charge in [-0.25, -0.2) is 9.78 Å². The number of rotatable bonds is 4. The van der Waals surface area contributed by atoms with Crippen molar-refractivity contribution in [1.29, 1.82) is 0 Å². The molecule has 1 aromatic heterocycles. The summed E-state index contributed by atoms with van der Waals surface area (Å²) in [5, 5.41) is 0. The summed E-state index contributed by atoms with van der Waals surface area (Å²) in [5.41, 5.74) is 1.76. The average Bonchev–Trinajstić information content (AvgIpc) is 2.95. The van der Waals surface area contributed by atoms with Crippen molar-refractivity contribution in [2.24, 2.45) is 0 Å². The highest BCUT2D eigenvalue weighted by Crippen LogP contribution is 2.40. The van der Waals surface area contributed by atoms with Gasteiger partial charge in [0, 0.05) is 0 Å². The van der Waals surface area contributed by atoms with Gasteiger partial charge in [-0.1, -0.05) is 18.2 Å². The summed E-state index contributed by atoms with van der Waals surface area (Å²) in [6.07, 6.45) is 7.05. The van der Waals surface area contributed by atoms with Crippen LogP contribution in [0, 0.1) is 0 Å². The van der Waals surface area contributed by atoms with Crippen molar-refractivity contribution in [3.8, 4) is 0 Å². The minimum absolute atomic E-state index is 0.153. The Morgan fingerprint density at radius 2 is 2.17 bits per heavy atom. The minimum atomic E-state index is -0.680. The molecule has 1 aliphatic heterocycles. The monoisotopic (exact) mass is 312 g/mol. The molecule has 0 spiro atoms. The number of aromatic nitrogens is 2. The van der Waals surface area contributed by atoms with Gasteiger partial charge in [-0.2, -0.15) is 0 Å². The third-order valence-corrected chi connectivity index (χ3v) is 3.97. The van der Waals surface area contributed by atoms with Crippen LogP contribution in [0.3, 0.4) is 0 Å². The predicted octanol–water partition coefficient (Wildman–Crippen LogP) is 3.43. The molecule has 0 N–H and O–H groups in total. The zero-order valence-corrected chi connectivity index (χ0v) is 13.5. The van der Waals surface area contributed by atoms with Crippen molar-refractivity contribution in [2.45, 2.75) is 32.4 Å². The molecule has 1 atom stereocenters. The highest BCUT2D eigenvalue weighted by atomic mass is 16.6. The molecule has 5 nitrogen and oxygen atoms in total. The van der Waals surface area contributed by atoms with Gasteiger partial charge in [-0.15, -0.1) is 0 Å². The lowest BCUT2D eigenvalue weighted by molar-refractivity contribution is -0.0262. The van der Waals surface area contributed by atoms with E-state index in [4.69, 9.17) is 9.47 Å². The van der Waals surface area contributed by atoms with E-state index in [0.717, 1.165) is 11.3 Å². The second-order valence-corrected chi connectivity index (χ2v) is 5.97. The van der Waals surface area contributed by atoms with Gasteiger partial charge >= 0.3 is 5.97 Å². The molecule has 0 fully saturated rings. The van der Waals surface area contributed by atoms with Crippen LogP contribution in [0.25, 0.3) is 6.08 Å². The Kier molecular flexibility index (Phi) is 3.94. The Bertz CT molecular complexity index is 746. The van der Waals surface area contributed by atoms with Crippen LogP contribution >= 0.6 is 0 Å². The minimum Gasteiger partial charge on any atom is -0.501 e. The third-order valence-electron chi connectivity index (χ3n) is 3.97. The maximum absolute atomic E-state index is 12.2. The number of cyclic esters (lactones) is 1. The second-order valence-electron chi connectivity index (χ2n) is 5.97. The number of ether oxygens (including phenoxy) is 2. The van der Waals surface area contributed by atoms with Gasteiger partial charge in [0.25, 0.3) is 0 Å². The summed E-state index contributed by atoms with van der Waals surface area (Å²) in [5.74, 6) is -0.284. The van der Waals surface area contributed by atoms with Crippen LogP contribution in [-0.4, -0.2) is 27.7 Å². The number of nitrogens with zero attached hydrogens (tertiary/aromatic N) is 2. The third kappa shape index (κ3) is 2.74.